The summed E-state index contributed by atoms with van der Waals surface area (Å²) in [5, 5.41) is 2.03. The summed E-state index contributed by atoms with van der Waals surface area (Å²) in [6, 6.07) is 12.2. The zero-order chi connectivity index (χ0) is 13.1. The smallest absolute Gasteiger partial charge is 0.321 e. The van der Waals surface area contributed by atoms with E-state index in [1.807, 2.05) is 48.7 Å². The molecule has 0 spiro atoms. The Morgan fingerprint density at radius 3 is 2.37 bits per heavy atom. The van der Waals surface area contributed by atoms with Gasteiger partial charge in [-0.1, -0.05) is 23.8 Å². The number of ether oxygens (including phenoxy) is 1. The Kier molecular flexibility index (Phi) is 3.25. The molecule has 3 nitrogen and oxygen atoms in total. The first-order chi connectivity index (χ1) is 9.31. The minimum Gasteiger partial charge on any atom is -0.424 e. The molecule has 0 bridgehead atoms. The number of rotatable bonds is 3. The quantitative estimate of drug-likeness (QED) is 0.710. The van der Waals surface area contributed by atoms with Gasteiger partial charge in [-0.2, -0.15) is 0 Å². The molecule has 2 heterocycles. The highest BCUT2D eigenvalue weighted by Gasteiger charge is 2.03. The summed E-state index contributed by atoms with van der Waals surface area (Å²) in [5.41, 5.74) is 2.20. The Morgan fingerprint density at radius 1 is 1.00 bits per heavy atom. The van der Waals surface area contributed by atoms with Crippen molar-refractivity contribution in [1.82, 2.24) is 9.97 Å². The molecule has 0 unspecified atom stereocenters. The van der Waals surface area contributed by atoms with Crippen molar-refractivity contribution < 1.29 is 4.74 Å². The molecule has 0 saturated carbocycles. The molecule has 94 valence electrons. The summed E-state index contributed by atoms with van der Waals surface area (Å²) in [4.78, 5) is 9.61. The first-order valence-electron chi connectivity index (χ1n) is 5.92. The second kappa shape index (κ2) is 5.20. The van der Waals surface area contributed by atoms with Crippen molar-refractivity contribution >= 4 is 11.3 Å². The molecular formula is C15H12N2OS. The minimum atomic E-state index is 0.365. The van der Waals surface area contributed by atoms with Gasteiger partial charge in [-0.15, -0.1) is 11.3 Å². The Bertz CT molecular complexity index is 646. The largest absolute Gasteiger partial charge is 0.424 e. The summed E-state index contributed by atoms with van der Waals surface area (Å²) < 4.78 is 5.59. The molecule has 0 aliphatic heterocycles. The van der Waals surface area contributed by atoms with Crippen LogP contribution in [0.25, 0.3) is 10.4 Å². The maximum Gasteiger partial charge on any atom is 0.321 e. The molecule has 4 heteroatoms. The summed E-state index contributed by atoms with van der Waals surface area (Å²) in [6.07, 6.45) is 3.56. The molecule has 19 heavy (non-hydrogen) atoms. The highest BCUT2D eigenvalue weighted by molar-refractivity contribution is 7.13. The monoisotopic (exact) mass is 268 g/mol. The highest BCUT2D eigenvalue weighted by Crippen LogP contribution is 2.24. The van der Waals surface area contributed by atoms with Crippen molar-refractivity contribution in [3.8, 4) is 22.2 Å². The fourth-order valence-electron chi connectivity index (χ4n) is 1.65. The molecule has 0 N–H and O–H groups in total. The van der Waals surface area contributed by atoms with Gasteiger partial charge in [0.05, 0.1) is 0 Å². The van der Waals surface area contributed by atoms with Crippen LogP contribution in [-0.4, -0.2) is 9.97 Å². The molecule has 0 radical (unpaired) electrons. The number of aromatic nitrogens is 2. The lowest BCUT2D eigenvalue weighted by atomic mass is 10.2. The van der Waals surface area contributed by atoms with Gasteiger partial charge in [-0.25, -0.2) is 9.97 Å². The molecular weight excluding hydrogens is 256 g/mol. The zero-order valence-electron chi connectivity index (χ0n) is 10.4. The standard InChI is InChI=1S/C15H12N2OS/c1-11-4-6-13(7-5-11)18-15-16-9-12(10-17-15)14-3-2-8-19-14/h2-10H,1H3. The molecule has 0 amide bonds. The summed E-state index contributed by atoms with van der Waals surface area (Å²) >= 11 is 1.67. The van der Waals surface area contributed by atoms with E-state index in [0.717, 1.165) is 16.2 Å². The van der Waals surface area contributed by atoms with Crippen LogP contribution >= 0.6 is 11.3 Å². The van der Waals surface area contributed by atoms with Crippen molar-refractivity contribution in [2.24, 2.45) is 0 Å². The van der Waals surface area contributed by atoms with Gasteiger partial charge in [0.2, 0.25) is 0 Å². The third kappa shape index (κ3) is 2.80. The van der Waals surface area contributed by atoms with Gasteiger partial charge in [0.1, 0.15) is 5.75 Å². The third-order valence-electron chi connectivity index (χ3n) is 2.66. The van der Waals surface area contributed by atoms with E-state index in [0.29, 0.717) is 6.01 Å². The first kappa shape index (κ1) is 11.9. The Balaban J connectivity index is 1.77. The molecule has 1 aromatic carbocycles. The maximum absolute atomic E-state index is 5.59. The Morgan fingerprint density at radius 2 is 1.74 bits per heavy atom. The van der Waals surface area contributed by atoms with E-state index in [2.05, 4.69) is 9.97 Å². The van der Waals surface area contributed by atoms with Gasteiger partial charge >= 0.3 is 6.01 Å². The molecule has 3 aromatic rings. The maximum atomic E-state index is 5.59. The molecule has 0 aliphatic rings. The molecule has 3 rings (SSSR count). The van der Waals surface area contributed by atoms with Crippen molar-refractivity contribution in [2.45, 2.75) is 6.92 Å². The lowest BCUT2D eigenvalue weighted by Gasteiger charge is -2.04. The minimum absolute atomic E-state index is 0.365. The lowest BCUT2D eigenvalue weighted by molar-refractivity contribution is 0.442. The van der Waals surface area contributed by atoms with Crippen LogP contribution in [0.3, 0.4) is 0 Å². The summed E-state index contributed by atoms with van der Waals surface area (Å²) in [7, 11) is 0. The molecule has 0 aliphatic carbocycles. The zero-order valence-corrected chi connectivity index (χ0v) is 11.2. The number of thiophene rings is 1. The second-order valence-corrected chi connectivity index (χ2v) is 5.09. The molecule has 0 atom stereocenters. The van der Waals surface area contributed by atoms with Crippen LogP contribution in [0.1, 0.15) is 5.56 Å². The van der Waals surface area contributed by atoms with Gasteiger partial charge in [0.25, 0.3) is 0 Å². The normalized spacial score (nSPS) is 10.4. The van der Waals surface area contributed by atoms with E-state index in [1.54, 1.807) is 23.7 Å². The predicted molar refractivity (Wildman–Crippen MR) is 76.6 cm³/mol. The number of hydrogen-bond donors (Lipinski definition) is 0. The van der Waals surface area contributed by atoms with Gasteiger partial charge in [-0.05, 0) is 30.5 Å². The Hall–Kier alpha value is -2.20. The molecule has 0 fully saturated rings. The van der Waals surface area contributed by atoms with Gasteiger partial charge in [0.15, 0.2) is 0 Å². The average Bonchev–Trinajstić information content (AvgIpc) is 2.96. The van der Waals surface area contributed by atoms with E-state index in [-0.39, 0.29) is 0 Å². The second-order valence-electron chi connectivity index (χ2n) is 4.15. The van der Waals surface area contributed by atoms with Crippen molar-refractivity contribution in [1.29, 1.82) is 0 Å². The van der Waals surface area contributed by atoms with Crippen LogP contribution in [0.15, 0.2) is 54.2 Å². The van der Waals surface area contributed by atoms with Gasteiger partial charge < -0.3 is 4.74 Å². The van der Waals surface area contributed by atoms with E-state index in [4.69, 9.17) is 4.74 Å². The van der Waals surface area contributed by atoms with Crippen LogP contribution in [0, 0.1) is 6.92 Å². The van der Waals surface area contributed by atoms with Crippen LogP contribution in [0.4, 0.5) is 0 Å². The van der Waals surface area contributed by atoms with Crippen molar-refractivity contribution in [3.63, 3.8) is 0 Å². The van der Waals surface area contributed by atoms with Gasteiger partial charge in [0, 0.05) is 22.8 Å². The highest BCUT2D eigenvalue weighted by atomic mass is 32.1. The third-order valence-corrected chi connectivity index (χ3v) is 3.58. The van der Waals surface area contributed by atoms with Crippen LogP contribution in [-0.2, 0) is 0 Å². The van der Waals surface area contributed by atoms with Crippen LogP contribution < -0.4 is 4.74 Å². The molecule has 2 aromatic heterocycles. The van der Waals surface area contributed by atoms with Gasteiger partial charge in [-0.3, -0.25) is 0 Å². The SMILES string of the molecule is Cc1ccc(Oc2ncc(-c3cccs3)cn2)cc1. The fraction of sp³-hybridized carbons (Fsp3) is 0.0667. The first-order valence-corrected chi connectivity index (χ1v) is 6.80. The summed E-state index contributed by atoms with van der Waals surface area (Å²) in [5.74, 6) is 0.745. The lowest BCUT2D eigenvalue weighted by Crippen LogP contribution is -1.91. The van der Waals surface area contributed by atoms with E-state index in [1.165, 1.54) is 5.56 Å². The van der Waals surface area contributed by atoms with Crippen LogP contribution in [0.5, 0.6) is 11.8 Å². The number of aryl methyl sites for hydroxylation is 1. The molecule has 0 saturated heterocycles. The van der Waals surface area contributed by atoms with E-state index >= 15 is 0 Å². The number of benzene rings is 1. The average molecular weight is 268 g/mol. The summed E-state index contributed by atoms with van der Waals surface area (Å²) in [6.45, 7) is 2.04. The van der Waals surface area contributed by atoms with Crippen LogP contribution in [0.2, 0.25) is 0 Å². The predicted octanol–water partition coefficient (Wildman–Crippen LogP) is 4.31. The van der Waals surface area contributed by atoms with E-state index in [9.17, 15) is 0 Å². The topological polar surface area (TPSA) is 35.0 Å². The van der Waals surface area contributed by atoms with Crippen molar-refractivity contribution in [2.75, 3.05) is 0 Å². The number of nitrogens with zero attached hydrogens (tertiary/aromatic N) is 2. The van der Waals surface area contributed by atoms with Crippen molar-refractivity contribution in [3.05, 3.63) is 59.7 Å². The van der Waals surface area contributed by atoms with E-state index < -0.39 is 0 Å². The number of hydrogen-bond acceptors (Lipinski definition) is 4. The fourth-order valence-corrected chi connectivity index (χ4v) is 2.35. The Labute approximate surface area is 115 Å².